The van der Waals surface area contributed by atoms with Gasteiger partial charge in [0.25, 0.3) is 0 Å². The molecular formula is C15H18O5. The van der Waals surface area contributed by atoms with Crippen LogP contribution in [0, 0.1) is 5.92 Å². The van der Waals surface area contributed by atoms with Crippen molar-refractivity contribution in [3.8, 4) is 0 Å². The maximum absolute atomic E-state index is 12.0. The number of Topliss-reactive ketones (excluding diaryl/α,β-unsaturated/α-hetero) is 2. The zero-order valence-corrected chi connectivity index (χ0v) is 11.6. The third kappa shape index (κ3) is 2.45. The predicted octanol–water partition coefficient (Wildman–Crippen LogP) is 1.10. The molecule has 1 aliphatic carbocycles. The normalized spacial score (nSPS) is 30.1. The Bertz CT molecular complexity index is 528. The summed E-state index contributed by atoms with van der Waals surface area (Å²) in [4.78, 5) is 34.8. The summed E-state index contributed by atoms with van der Waals surface area (Å²) < 4.78 is 5.25. The van der Waals surface area contributed by atoms with Crippen LogP contribution in [0.15, 0.2) is 23.3 Å². The van der Waals surface area contributed by atoms with Gasteiger partial charge >= 0.3 is 5.97 Å². The van der Waals surface area contributed by atoms with Crippen LogP contribution in [0.5, 0.6) is 0 Å². The first-order chi connectivity index (χ1) is 9.32. The lowest BCUT2D eigenvalue weighted by molar-refractivity contribution is -0.138. The van der Waals surface area contributed by atoms with E-state index in [2.05, 4.69) is 6.58 Å². The molecule has 1 saturated heterocycles. The molecule has 0 bridgehead atoms. The van der Waals surface area contributed by atoms with Crippen molar-refractivity contribution >= 4 is 17.5 Å². The van der Waals surface area contributed by atoms with Crippen LogP contribution in [0.1, 0.15) is 33.1 Å². The van der Waals surface area contributed by atoms with E-state index >= 15 is 0 Å². The van der Waals surface area contributed by atoms with Gasteiger partial charge in [0.05, 0.1) is 6.10 Å². The average Bonchev–Trinajstić information content (AvgIpc) is 2.76. The topological polar surface area (TPSA) is 80.7 Å². The molecule has 5 nitrogen and oxygen atoms in total. The van der Waals surface area contributed by atoms with Gasteiger partial charge in [0.1, 0.15) is 11.9 Å². The lowest BCUT2D eigenvalue weighted by atomic mass is 9.86. The zero-order chi connectivity index (χ0) is 15.0. The summed E-state index contributed by atoms with van der Waals surface area (Å²) in [5.41, 5.74) is 1.22. The fraction of sp³-hybridized carbons (Fsp3) is 0.533. The molecule has 0 aromatic heterocycles. The largest absolute Gasteiger partial charge is 0.453 e. The number of ketones is 2. The number of rotatable bonds is 4. The second-order valence-electron chi connectivity index (χ2n) is 5.44. The summed E-state index contributed by atoms with van der Waals surface area (Å²) in [6.45, 7) is 6.85. The molecule has 0 amide bonds. The molecule has 1 unspecified atom stereocenters. The van der Waals surface area contributed by atoms with E-state index in [1.807, 2.05) is 0 Å². The molecule has 2 rings (SSSR count). The predicted molar refractivity (Wildman–Crippen MR) is 70.8 cm³/mol. The Hall–Kier alpha value is -1.75. The lowest BCUT2D eigenvalue weighted by Gasteiger charge is -2.18. The first-order valence-electron chi connectivity index (χ1n) is 6.64. The van der Waals surface area contributed by atoms with Gasteiger partial charge in [-0.05, 0) is 25.8 Å². The molecule has 0 spiro atoms. The molecule has 1 aliphatic heterocycles. The molecule has 20 heavy (non-hydrogen) atoms. The summed E-state index contributed by atoms with van der Waals surface area (Å²) in [6.07, 6.45) is -0.760. The van der Waals surface area contributed by atoms with Crippen molar-refractivity contribution in [3.63, 3.8) is 0 Å². The fourth-order valence-electron chi connectivity index (χ4n) is 2.77. The van der Waals surface area contributed by atoms with Crippen molar-refractivity contribution in [2.75, 3.05) is 0 Å². The van der Waals surface area contributed by atoms with Gasteiger partial charge < -0.3 is 14.6 Å². The average molecular weight is 278 g/mol. The lowest BCUT2D eigenvalue weighted by Crippen LogP contribution is -2.24. The van der Waals surface area contributed by atoms with Crippen molar-refractivity contribution in [2.45, 2.75) is 45.3 Å². The van der Waals surface area contributed by atoms with Crippen molar-refractivity contribution in [1.29, 1.82) is 0 Å². The number of carbonyl (C=O) groups excluding carboxylic acids is 3. The van der Waals surface area contributed by atoms with E-state index < -0.39 is 18.2 Å². The van der Waals surface area contributed by atoms with E-state index in [1.54, 1.807) is 6.92 Å². The highest BCUT2D eigenvalue weighted by Gasteiger charge is 2.45. The Morgan fingerprint density at radius 1 is 1.45 bits per heavy atom. The van der Waals surface area contributed by atoms with Gasteiger partial charge in [0.15, 0.2) is 5.78 Å². The van der Waals surface area contributed by atoms with Crippen molar-refractivity contribution in [2.24, 2.45) is 5.92 Å². The summed E-state index contributed by atoms with van der Waals surface area (Å²) in [5.74, 6) is -1.08. The molecular weight excluding hydrogens is 260 g/mol. The molecule has 1 heterocycles. The van der Waals surface area contributed by atoms with Crippen LogP contribution in [-0.2, 0) is 19.1 Å². The molecule has 0 radical (unpaired) electrons. The molecule has 1 fully saturated rings. The fourth-order valence-corrected chi connectivity index (χ4v) is 2.77. The Labute approximate surface area is 117 Å². The van der Waals surface area contributed by atoms with Gasteiger partial charge in [0.2, 0.25) is 0 Å². The van der Waals surface area contributed by atoms with E-state index in [0.29, 0.717) is 29.6 Å². The standard InChI is InChI=1S/C15H18O5/c1-7(16)4-5-10-8(2)15(19)20-14(10)13-9(3)11(17)6-12(13)18/h10-11,14,17H,2,4-6H2,1,3H3/t10?,11-,14-/m0/s1. The van der Waals surface area contributed by atoms with Gasteiger partial charge in [-0.3, -0.25) is 4.79 Å². The van der Waals surface area contributed by atoms with Crippen LogP contribution in [0.3, 0.4) is 0 Å². The van der Waals surface area contributed by atoms with Crippen LogP contribution >= 0.6 is 0 Å². The van der Waals surface area contributed by atoms with E-state index in [-0.39, 0.29) is 23.9 Å². The van der Waals surface area contributed by atoms with Crippen LogP contribution in [0.25, 0.3) is 0 Å². The highest BCUT2D eigenvalue weighted by atomic mass is 16.6. The van der Waals surface area contributed by atoms with Gasteiger partial charge in [-0.1, -0.05) is 6.58 Å². The maximum atomic E-state index is 12.0. The number of ether oxygens (including phenoxy) is 1. The number of hydrogen-bond acceptors (Lipinski definition) is 5. The van der Waals surface area contributed by atoms with E-state index in [9.17, 15) is 19.5 Å². The number of cyclic esters (lactones) is 1. The Balaban J connectivity index is 2.29. The van der Waals surface area contributed by atoms with Gasteiger partial charge in [-0.25, -0.2) is 4.79 Å². The first kappa shape index (κ1) is 14.7. The van der Waals surface area contributed by atoms with E-state index in [1.165, 1.54) is 6.92 Å². The second kappa shape index (κ2) is 5.32. The van der Waals surface area contributed by atoms with Crippen LogP contribution in [0.4, 0.5) is 0 Å². The minimum absolute atomic E-state index is 0.0133. The van der Waals surface area contributed by atoms with Gasteiger partial charge in [-0.15, -0.1) is 0 Å². The van der Waals surface area contributed by atoms with Gasteiger partial charge in [0, 0.05) is 29.9 Å². The molecule has 108 valence electrons. The number of esters is 1. The van der Waals surface area contributed by atoms with Crippen molar-refractivity contribution in [1.82, 2.24) is 0 Å². The molecule has 5 heteroatoms. The molecule has 0 aromatic carbocycles. The first-order valence-corrected chi connectivity index (χ1v) is 6.64. The third-order valence-electron chi connectivity index (χ3n) is 4.00. The highest BCUT2D eigenvalue weighted by Crippen LogP contribution is 2.39. The molecule has 3 atom stereocenters. The smallest absolute Gasteiger partial charge is 0.334 e. The Morgan fingerprint density at radius 2 is 2.10 bits per heavy atom. The number of aliphatic hydroxyl groups is 1. The Kier molecular flexibility index (Phi) is 3.90. The SMILES string of the molecule is C=C1C(=O)O[C@H](C2=C(C)[C@@H](O)CC2=O)C1CCC(C)=O. The number of aliphatic hydroxyl groups excluding tert-OH is 1. The van der Waals surface area contributed by atoms with E-state index in [0.717, 1.165) is 0 Å². The highest BCUT2D eigenvalue weighted by molar-refractivity contribution is 6.02. The van der Waals surface area contributed by atoms with Crippen LogP contribution in [0.2, 0.25) is 0 Å². The minimum atomic E-state index is -0.807. The van der Waals surface area contributed by atoms with Gasteiger partial charge in [-0.2, -0.15) is 0 Å². The minimum Gasteiger partial charge on any atom is -0.453 e. The summed E-state index contributed by atoms with van der Waals surface area (Å²) in [6, 6.07) is 0. The third-order valence-corrected chi connectivity index (χ3v) is 4.00. The number of carbonyl (C=O) groups is 3. The molecule has 1 N–H and O–H groups in total. The zero-order valence-electron chi connectivity index (χ0n) is 11.6. The summed E-state index contributed by atoms with van der Waals surface area (Å²) >= 11 is 0. The van der Waals surface area contributed by atoms with Crippen LogP contribution < -0.4 is 0 Å². The monoisotopic (exact) mass is 278 g/mol. The van der Waals surface area contributed by atoms with E-state index in [4.69, 9.17) is 4.74 Å². The van der Waals surface area contributed by atoms with Crippen LogP contribution in [-0.4, -0.2) is 34.9 Å². The molecule has 0 saturated carbocycles. The summed E-state index contributed by atoms with van der Waals surface area (Å²) in [7, 11) is 0. The second-order valence-corrected chi connectivity index (χ2v) is 5.44. The maximum Gasteiger partial charge on any atom is 0.334 e. The number of hydrogen-bond donors (Lipinski definition) is 1. The molecule has 2 aliphatic rings. The summed E-state index contributed by atoms with van der Waals surface area (Å²) in [5, 5.41) is 9.74. The quantitative estimate of drug-likeness (QED) is 0.615. The molecule has 0 aromatic rings. The Morgan fingerprint density at radius 3 is 2.60 bits per heavy atom. The van der Waals surface area contributed by atoms with Crippen molar-refractivity contribution < 1.29 is 24.2 Å². The van der Waals surface area contributed by atoms with Crippen molar-refractivity contribution in [3.05, 3.63) is 23.3 Å².